The van der Waals surface area contributed by atoms with Crippen LogP contribution in [0.1, 0.15) is 66.0 Å². The molecule has 0 saturated heterocycles. The Morgan fingerprint density at radius 2 is 2.18 bits per heavy atom. The number of carbonyl (C=O) groups is 1. The summed E-state index contributed by atoms with van der Waals surface area (Å²) < 4.78 is 19.1. The smallest absolute Gasteiger partial charge is 0.337 e. The van der Waals surface area contributed by atoms with Gasteiger partial charge in [-0.25, -0.2) is 9.18 Å². The molecule has 0 radical (unpaired) electrons. The number of carboxylic acid groups (broad SMARTS) is 1. The van der Waals surface area contributed by atoms with Crippen LogP contribution in [0.4, 0.5) is 4.39 Å². The SMILES string of the molecule is CCCC(F)OC(C(=O)O)c1c(C)sc(C)c1C1=CCCC1. The summed E-state index contributed by atoms with van der Waals surface area (Å²) in [6, 6.07) is 0. The van der Waals surface area contributed by atoms with Crippen LogP contribution in [0.5, 0.6) is 0 Å². The van der Waals surface area contributed by atoms with Crippen LogP contribution in [0.15, 0.2) is 6.08 Å². The van der Waals surface area contributed by atoms with E-state index < -0.39 is 18.4 Å². The van der Waals surface area contributed by atoms with Crippen molar-refractivity contribution >= 4 is 22.9 Å². The van der Waals surface area contributed by atoms with Gasteiger partial charge in [-0.2, -0.15) is 0 Å². The monoisotopic (exact) mass is 326 g/mol. The Morgan fingerprint density at radius 3 is 2.73 bits per heavy atom. The Morgan fingerprint density at radius 1 is 1.45 bits per heavy atom. The van der Waals surface area contributed by atoms with Crippen LogP contribution in [0.25, 0.3) is 5.57 Å². The van der Waals surface area contributed by atoms with E-state index in [0.29, 0.717) is 12.0 Å². The zero-order chi connectivity index (χ0) is 16.3. The highest BCUT2D eigenvalue weighted by molar-refractivity contribution is 7.12. The molecule has 0 aliphatic heterocycles. The van der Waals surface area contributed by atoms with E-state index in [9.17, 15) is 14.3 Å². The predicted octanol–water partition coefficient (Wildman–Crippen LogP) is 5.17. The molecule has 22 heavy (non-hydrogen) atoms. The third-order valence-electron chi connectivity index (χ3n) is 3.95. The van der Waals surface area contributed by atoms with Crippen molar-refractivity contribution in [3.8, 4) is 0 Å². The number of rotatable bonds is 7. The first kappa shape index (κ1) is 17.2. The van der Waals surface area contributed by atoms with E-state index in [-0.39, 0.29) is 6.42 Å². The third-order valence-corrected chi connectivity index (χ3v) is 4.99. The maximum Gasteiger partial charge on any atom is 0.337 e. The molecule has 0 bridgehead atoms. The van der Waals surface area contributed by atoms with Crippen LogP contribution >= 0.6 is 11.3 Å². The van der Waals surface area contributed by atoms with Gasteiger partial charge in [-0.15, -0.1) is 11.3 Å². The number of carboxylic acids is 1. The van der Waals surface area contributed by atoms with Crippen molar-refractivity contribution in [1.82, 2.24) is 0 Å². The molecule has 122 valence electrons. The van der Waals surface area contributed by atoms with Gasteiger partial charge in [0.1, 0.15) is 0 Å². The lowest BCUT2D eigenvalue weighted by Crippen LogP contribution is -2.21. The summed E-state index contributed by atoms with van der Waals surface area (Å²) in [5.74, 6) is -1.13. The quantitative estimate of drug-likeness (QED) is 0.752. The first-order valence-corrected chi connectivity index (χ1v) is 8.59. The van der Waals surface area contributed by atoms with Crippen molar-refractivity contribution in [1.29, 1.82) is 0 Å². The van der Waals surface area contributed by atoms with Gasteiger partial charge in [-0.05, 0) is 44.2 Å². The Labute approximate surface area is 134 Å². The van der Waals surface area contributed by atoms with Crippen LogP contribution in [0, 0.1) is 13.8 Å². The summed E-state index contributed by atoms with van der Waals surface area (Å²) in [6.07, 6.45) is 3.27. The molecule has 0 spiro atoms. The Kier molecular flexibility index (Phi) is 5.75. The minimum absolute atomic E-state index is 0.212. The number of aryl methyl sites for hydroxylation is 2. The van der Waals surface area contributed by atoms with Crippen molar-refractivity contribution in [2.45, 2.75) is 65.3 Å². The number of thiophene rings is 1. The van der Waals surface area contributed by atoms with Crippen molar-refractivity contribution < 1.29 is 19.0 Å². The highest BCUT2D eigenvalue weighted by atomic mass is 32.1. The van der Waals surface area contributed by atoms with Gasteiger partial charge in [-0.3, -0.25) is 0 Å². The molecule has 0 amide bonds. The second-order valence-corrected chi connectivity index (χ2v) is 7.11. The number of alkyl halides is 1. The van der Waals surface area contributed by atoms with Gasteiger partial charge in [-0.1, -0.05) is 19.4 Å². The number of aliphatic carboxylic acids is 1. The molecular weight excluding hydrogens is 303 g/mol. The topological polar surface area (TPSA) is 46.5 Å². The Bertz CT molecular complexity index is 577. The standard InChI is InChI=1S/C17H23FO3S/c1-4-7-13(18)21-16(17(19)20)15-11(3)22-10(2)14(15)12-8-5-6-9-12/h8,13,16H,4-7,9H2,1-3H3,(H,19,20). The molecule has 0 fully saturated rings. The Balaban J connectivity index is 2.41. The van der Waals surface area contributed by atoms with E-state index in [1.807, 2.05) is 20.8 Å². The number of hydrogen-bond acceptors (Lipinski definition) is 3. The fourth-order valence-electron chi connectivity index (χ4n) is 3.01. The van der Waals surface area contributed by atoms with E-state index in [1.165, 1.54) is 5.57 Å². The summed E-state index contributed by atoms with van der Waals surface area (Å²) in [6.45, 7) is 5.73. The number of hydrogen-bond donors (Lipinski definition) is 1. The molecule has 2 atom stereocenters. The number of allylic oxidation sites excluding steroid dienone is 2. The zero-order valence-corrected chi connectivity index (χ0v) is 14.1. The Hall–Kier alpha value is -1.20. The fraction of sp³-hybridized carbons (Fsp3) is 0.588. The lowest BCUT2D eigenvalue weighted by molar-refractivity contribution is -0.164. The molecule has 1 N–H and O–H groups in total. The third kappa shape index (κ3) is 3.58. The number of halogens is 1. The summed E-state index contributed by atoms with van der Waals surface area (Å²) >= 11 is 1.56. The molecule has 2 rings (SSSR count). The molecule has 2 unspecified atom stereocenters. The molecule has 1 aromatic heterocycles. The second-order valence-electron chi connectivity index (χ2n) is 5.68. The first-order chi connectivity index (χ1) is 10.5. The van der Waals surface area contributed by atoms with Crippen molar-refractivity contribution in [3.63, 3.8) is 0 Å². The van der Waals surface area contributed by atoms with Gasteiger partial charge in [0.15, 0.2) is 12.5 Å². The van der Waals surface area contributed by atoms with E-state index in [1.54, 1.807) is 11.3 Å². The van der Waals surface area contributed by atoms with Crippen LogP contribution in [0.3, 0.4) is 0 Å². The van der Waals surface area contributed by atoms with E-state index in [0.717, 1.165) is 34.6 Å². The van der Waals surface area contributed by atoms with E-state index in [2.05, 4.69) is 6.08 Å². The van der Waals surface area contributed by atoms with Crippen molar-refractivity contribution in [2.24, 2.45) is 0 Å². The highest BCUT2D eigenvalue weighted by Crippen LogP contribution is 2.42. The molecule has 1 aromatic rings. The second kappa shape index (κ2) is 7.38. The molecule has 1 aliphatic rings. The van der Waals surface area contributed by atoms with Crippen molar-refractivity contribution in [3.05, 3.63) is 27.0 Å². The van der Waals surface area contributed by atoms with Crippen molar-refractivity contribution in [2.75, 3.05) is 0 Å². The van der Waals surface area contributed by atoms with E-state index >= 15 is 0 Å². The maximum atomic E-state index is 13.9. The van der Waals surface area contributed by atoms with Gasteiger partial charge < -0.3 is 9.84 Å². The molecule has 5 heteroatoms. The predicted molar refractivity (Wildman–Crippen MR) is 86.9 cm³/mol. The largest absolute Gasteiger partial charge is 0.479 e. The normalized spacial score (nSPS) is 17.4. The molecule has 0 aromatic carbocycles. The van der Waals surface area contributed by atoms with Crippen LogP contribution in [-0.4, -0.2) is 17.4 Å². The summed E-state index contributed by atoms with van der Waals surface area (Å²) in [5, 5.41) is 9.54. The van der Waals surface area contributed by atoms with E-state index in [4.69, 9.17) is 4.74 Å². The zero-order valence-electron chi connectivity index (χ0n) is 13.3. The maximum absolute atomic E-state index is 13.9. The summed E-state index contributed by atoms with van der Waals surface area (Å²) in [7, 11) is 0. The molecule has 1 heterocycles. The average molecular weight is 326 g/mol. The minimum Gasteiger partial charge on any atom is -0.479 e. The molecule has 0 saturated carbocycles. The fourth-order valence-corrected chi connectivity index (χ4v) is 4.13. The van der Waals surface area contributed by atoms with Crippen LogP contribution in [-0.2, 0) is 9.53 Å². The van der Waals surface area contributed by atoms with Gasteiger partial charge in [0, 0.05) is 21.7 Å². The van der Waals surface area contributed by atoms with Crippen LogP contribution in [0.2, 0.25) is 0 Å². The van der Waals surface area contributed by atoms with Crippen LogP contribution < -0.4 is 0 Å². The average Bonchev–Trinajstić information content (AvgIpc) is 3.04. The molecular formula is C17H23FO3S. The van der Waals surface area contributed by atoms with Gasteiger partial charge in [0.25, 0.3) is 0 Å². The van der Waals surface area contributed by atoms with Gasteiger partial charge in [0.05, 0.1) is 0 Å². The lowest BCUT2D eigenvalue weighted by Gasteiger charge is -2.19. The summed E-state index contributed by atoms with van der Waals surface area (Å²) in [4.78, 5) is 13.6. The van der Waals surface area contributed by atoms with Gasteiger partial charge in [0.2, 0.25) is 0 Å². The first-order valence-electron chi connectivity index (χ1n) is 7.77. The molecule has 3 nitrogen and oxygen atoms in total. The number of ether oxygens (including phenoxy) is 1. The highest BCUT2D eigenvalue weighted by Gasteiger charge is 2.32. The lowest BCUT2D eigenvalue weighted by atomic mass is 9.96. The summed E-state index contributed by atoms with van der Waals surface area (Å²) in [5.41, 5.74) is 2.79. The van der Waals surface area contributed by atoms with Gasteiger partial charge >= 0.3 is 5.97 Å². The minimum atomic E-state index is -1.55. The molecule has 1 aliphatic carbocycles.